The molecule has 1 aliphatic heterocycles. The number of piperazine rings is 1. The predicted octanol–water partition coefficient (Wildman–Crippen LogP) is -1.04. The molecule has 16 heavy (non-hydrogen) atoms. The highest BCUT2D eigenvalue weighted by Crippen LogP contribution is 2.00. The van der Waals surface area contributed by atoms with Crippen molar-refractivity contribution in [1.29, 1.82) is 0 Å². The molecule has 0 aromatic carbocycles. The molecule has 0 spiro atoms. The van der Waals surface area contributed by atoms with Crippen LogP contribution in [0.5, 0.6) is 0 Å². The Morgan fingerprint density at radius 1 is 1.44 bits per heavy atom. The van der Waals surface area contributed by atoms with Crippen molar-refractivity contribution < 1.29 is 4.79 Å². The fraction of sp³-hybridized carbons (Fsp3) is 0.909. The van der Waals surface area contributed by atoms with Crippen molar-refractivity contribution in [3.63, 3.8) is 0 Å². The van der Waals surface area contributed by atoms with Crippen molar-refractivity contribution >= 4 is 5.91 Å². The van der Waals surface area contributed by atoms with Gasteiger partial charge in [-0.3, -0.25) is 9.69 Å². The summed E-state index contributed by atoms with van der Waals surface area (Å²) in [5, 5.41) is 6.25. The standard InChI is InChI=1S/C11H24N4O/c1-10(15-8-4-12-5-9-15)11(16)13-6-7-14(2)3/h10,12H,4-9H2,1-3H3,(H,13,16). The van der Waals surface area contributed by atoms with Crippen LogP contribution in [0, 0.1) is 0 Å². The van der Waals surface area contributed by atoms with Gasteiger partial charge in [0.2, 0.25) is 5.91 Å². The maximum atomic E-state index is 11.8. The van der Waals surface area contributed by atoms with Crippen LogP contribution in [0.2, 0.25) is 0 Å². The molecule has 1 amide bonds. The lowest BCUT2D eigenvalue weighted by Gasteiger charge is -2.31. The van der Waals surface area contributed by atoms with E-state index < -0.39 is 0 Å². The van der Waals surface area contributed by atoms with Crippen LogP contribution in [0.4, 0.5) is 0 Å². The van der Waals surface area contributed by atoms with Gasteiger partial charge in [-0.05, 0) is 21.0 Å². The van der Waals surface area contributed by atoms with Gasteiger partial charge in [-0.15, -0.1) is 0 Å². The number of amides is 1. The summed E-state index contributed by atoms with van der Waals surface area (Å²) < 4.78 is 0. The molecule has 0 bridgehead atoms. The van der Waals surface area contributed by atoms with Crippen molar-refractivity contribution in [2.24, 2.45) is 0 Å². The van der Waals surface area contributed by atoms with Gasteiger partial charge in [0.25, 0.3) is 0 Å². The fourth-order valence-corrected chi connectivity index (χ4v) is 1.79. The predicted molar refractivity (Wildman–Crippen MR) is 65.5 cm³/mol. The molecule has 1 heterocycles. The van der Waals surface area contributed by atoms with E-state index in [1.165, 1.54) is 0 Å². The number of carbonyl (C=O) groups is 1. The molecule has 0 aromatic heterocycles. The number of nitrogens with one attached hydrogen (secondary N) is 2. The molecule has 5 nitrogen and oxygen atoms in total. The zero-order valence-corrected chi connectivity index (χ0v) is 10.6. The molecule has 1 atom stereocenters. The molecule has 1 saturated heterocycles. The lowest BCUT2D eigenvalue weighted by molar-refractivity contribution is -0.126. The molecule has 94 valence electrons. The summed E-state index contributed by atoms with van der Waals surface area (Å²) in [6.07, 6.45) is 0. The molecule has 0 radical (unpaired) electrons. The third-order valence-electron chi connectivity index (χ3n) is 2.94. The first-order valence-electron chi connectivity index (χ1n) is 5.98. The average molecular weight is 228 g/mol. The topological polar surface area (TPSA) is 47.6 Å². The maximum Gasteiger partial charge on any atom is 0.237 e. The van der Waals surface area contributed by atoms with Crippen molar-refractivity contribution in [1.82, 2.24) is 20.4 Å². The summed E-state index contributed by atoms with van der Waals surface area (Å²) >= 11 is 0. The number of hydrogen-bond acceptors (Lipinski definition) is 4. The molecule has 5 heteroatoms. The minimum atomic E-state index is -0.00994. The minimum absolute atomic E-state index is 0.00994. The molecular formula is C11H24N4O. The minimum Gasteiger partial charge on any atom is -0.353 e. The van der Waals surface area contributed by atoms with Gasteiger partial charge in [-0.1, -0.05) is 0 Å². The van der Waals surface area contributed by atoms with Crippen LogP contribution in [-0.4, -0.2) is 75.1 Å². The number of carbonyl (C=O) groups excluding carboxylic acids is 1. The van der Waals surface area contributed by atoms with E-state index in [0.717, 1.165) is 39.3 Å². The van der Waals surface area contributed by atoms with Crippen molar-refractivity contribution in [3.8, 4) is 0 Å². The number of nitrogens with zero attached hydrogens (tertiary/aromatic N) is 2. The van der Waals surface area contributed by atoms with Crippen molar-refractivity contribution in [2.45, 2.75) is 13.0 Å². The monoisotopic (exact) mass is 228 g/mol. The lowest BCUT2D eigenvalue weighted by atomic mass is 10.2. The second kappa shape index (κ2) is 6.83. The molecule has 0 aromatic rings. The van der Waals surface area contributed by atoms with Crippen LogP contribution in [0.3, 0.4) is 0 Å². The van der Waals surface area contributed by atoms with Crippen molar-refractivity contribution in [3.05, 3.63) is 0 Å². The Bertz CT molecular complexity index is 214. The zero-order chi connectivity index (χ0) is 12.0. The van der Waals surface area contributed by atoms with E-state index in [-0.39, 0.29) is 11.9 Å². The molecule has 1 rings (SSSR count). The van der Waals surface area contributed by atoms with Gasteiger partial charge >= 0.3 is 0 Å². The summed E-state index contributed by atoms with van der Waals surface area (Å²) in [5.74, 6) is 0.142. The van der Waals surface area contributed by atoms with Crippen LogP contribution in [0.25, 0.3) is 0 Å². The highest BCUT2D eigenvalue weighted by Gasteiger charge is 2.21. The Morgan fingerprint density at radius 3 is 2.62 bits per heavy atom. The third kappa shape index (κ3) is 4.47. The van der Waals surface area contributed by atoms with Gasteiger partial charge < -0.3 is 15.5 Å². The quantitative estimate of drug-likeness (QED) is 0.631. The van der Waals surface area contributed by atoms with Gasteiger partial charge in [0.05, 0.1) is 6.04 Å². The molecule has 0 aliphatic carbocycles. The van der Waals surface area contributed by atoms with Crippen LogP contribution < -0.4 is 10.6 Å². The van der Waals surface area contributed by atoms with E-state index in [4.69, 9.17) is 0 Å². The smallest absolute Gasteiger partial charge is 0.237 e. The van der Waals surface area contributed by atoms with E-state index in [2.05, 4.69) is 20.4 Å². The summed E-state index contributed by atoms with van der Waals surface area (Å²) in [4.78, 5) is 16.1. The largest absolute Gasteiger partial charge is 0.353 e. The maximum absolute atomic E-state index is 11.8. The van der Waals surface area contributed by atoms with Gasteiger partial charge in [0.15, 0.2) is 0 Å². The first-order valence-corrected chi connectivity index (χ1v) is 5.98. The first kappa shape index (κ1) is 13.4. The molecule has 1 fully saturated rings. The number of rotatable bonds is 5. The van der Waals surface area contributed by atoms with Crippen LogP contribution in [0.1, 0.15) is 6.92 Å². The Balaban J connectivity index is 2.23. The highest BCUT2D eigenvalue weighted by molar-refractivity contribution is 5.81. The van der Waals surface area contributed by atoms with Crippen LogP contribution >= 0.6 is 0 Å². The fourth-order valence-electron chi connectivity index (χ4n) is 1.79. The van der Waals surface area contributed by atoms with E-state index in [1.807, 2.05) is 21.0 Å². The highest BCUT2D eigenvalue weighted by atomic mass is 16.2. The van der Waals surface area contributed by atoms with E-state index in [0.29, 0.717) is 0 Å². The number of likely N-dealkylation sites (N-methyl/N-ethyl adjacent to an activating group) is 1. The molecule has 0 saturated carbocycles. The van der Waals surface area contributed by atoms with E-state index in [1.54, 1.807) is 0 Å². The molecular weight excluding hydrogens is 204 g/mol. The molecule has 1 aliphatic rings. The summed E-state index contributed by atoms with van der Waals surface area (Å²) in [7, 11) is 4.01. The Kier molecular flexibility index (Phi) is 5.73. The van der Waals surface area contributed by atoms with Gasteiger partial charge in [0.1, 0.15) is 0 Å². The number of hydrogen-bond donors (Lipinski definition) is 2. The Hall–Kier alpha value is -0.650. The van der Waals surface area contributed by atoms with Crippen LogP contribution in [0.15, 0.2) is 0 Å². The van der Waals surface area contributed by atoms with Crippen molar-refractivity contribution in [2.75, 3.05) is 53.4 Å². The summed E-state index contributed by atoms with van der Waals surface area (Å²) in [6, 6.07) is -0.00994. The zero-order valence-electron chi connectivity index (χ0n) is 10.6. The van der Waals surface area contributed by atoms with E-state index in [9.17, 15) is 4.79 Å². The second-order valence-corrected chi connectivity index (χ2v) is 4.56. The SMILES string of the molecule is CC(C(=O)NCCN(C)C)N1CCNCC1. The van der Waals surface area contributed by atoms with E-state index >= 15 is 0 Å². The molecule has 1 unspecified atom stereocenters. The van der Waals surface area contributed by atoms with Gasteiger partial charge in [0, 0.05) is 39.3 Å². The second-order valence-electron chi connectivity index (χ2n) is 4.56. The normalized spacial score (nSPS) is 19.8. The van der Waals surface area contributed by atoms with Gasteiger partial charge in [-0.25, -0.2) is 0 Å². The Morgan fingerprint density at radius 2 is 2.06 bits per heavy atom. The van der Waals surface area contributed by atoms with Crippen LogP contribution in [-0.2, 0) is 4.79 Å². The molecule has 2 N–H and O–H groups in total. The lowest BCUT2D eigenvalue weighted by Crippen LogP contribution is -2.53. The third-order valence-corrected chi connectivity index (χ3v) is 2.94. The first-order chi connectivity index (χ1) is 7.61. The Labute approximate surface area is 98.2 Å². The summed E-state index contributed by atoms with van der Waals surface area (Å²) in [6.45, 7) is 7.48. The average Bonchev–Trinajstić information content (AvgIpc) is 2.28. The summed E-state index contributed by atoms with van der Waals surface area (Å²) in [5.41, 5.74) is 0. The van der Waals surface area contributed by atoms with Gasteiger partial charge in [-0.2, -0.15) is 0 Å².